The number of methoxy groups -OCH3 is 1. The lowest BCUT2D eigenvalue weighted by atomic mass is 10.0. The van der Waals surface area contributed by atoms with Crippen LogP contribution < -0.4 is 0 Å². The molecule has 0 aliphatic heterocycles. The van der Waals surface area contributed by atoms with Crippen LogP contribution in [0.3, 0.4) is 0 Å². The largest absolute Gasteiger partial charge is 0.469 e. The molecule has 0 aromatic heterocycles. The van der Waals surface area contributed by atoms with Crippen molar-refractivity contribution in [1.29, 1.82) is 0 Å². The number of ether oxygens (including phenoxy) is 1. The Kier molecular flexibility index (Phi) is 16.4. The molecule has 0 bridgehead atoms. The maximum absolute atomic E-state index is 10.9. The number of hydrogen-bond acceptors (Lipinski definition) is 3. The summed E-state index contributed by atoms with van der Waals surface area (Å²) >= 11 is 0. The van der Waals surface area contributed by atoms with E-state index in [4.69, 9.17) is 0 Å². The predicted molar refractivity (Wildman–Crippen MR) is 93.0 cm³/mol. The molecule has 0 saturated carbocycles. The van der Waals surface area contributed by atoms with Gasteiger partial charge in [0.25, 0.3) is 0 Å². The lowest BCUT2D eigenvalue weighted by molar-refractivity contribution is -0.140. The summed E-state index contributed by atoms with van der Waals surface area (Å²) in [6.45, 7) is 2.20. The smallest absolute Gasteiger partial charge is 0.305 e. The Balaban J connectivity index is 3.12. The zero-order valence-electron chi connectivity index (χ0n) is 14.9. The van der Waals surface area contributed by atoms with Crippen molar-refractivity contribution in [2.75, 3.05) is 7.11 Å². The van der Waals surface area contributed by atoms with E-state index in [1.165, 1.54) is 71.3 Å². The van der Waals surface area contributed by atoms with Crippen molar-refractivity contribution in [3.05, 3.63) is 0 Å². The van der Waals surface area contributed by atoms with Crippen LogP contribution in [0, 0.1) is 0 Å². The van der Waals surface area contributed by atoms with Gasteiger partial charge in [-0.2, -0.15) is 0 Å². The van der Waals surface area contributed by atoms with Crippen LogP contribution >= 0.6 is 0 Å². The third-order valence-corrected chi connectivity index (χ3v) is 4.29. The van der Waals surface area contributed by atoms with Crippen molar-refractivity contribution < 1.29 is 14.6 Å². The summed E-state index contributed by atoms with van der Waals surface area (Å²) in [7, 11) is 1.45. The number of carbonyl (C=O) groups is 1. The fourth-order valence-corrected chi connectivity index (χ4v) is 2.76. The molecule has 0 amide bonds. The van der Waals surface area contributed by atoms with Gasteiger partial charge in [-0.1, -0.05) is 77.6 Å². The van der Waals surface area contributed by atoms with E-state index in [0.29, 0.717) is 6.42 Å². The summed E-state index contributed by atoms with van der Waals surface area (Å²) < 4.78 is 4.62. The number of aliphatic hydroxyl groups excluding tert-OH is 1. The van der Waals surface area contributed by atoms with Gasteiger partial charge >= 0.3 is 5.97 Å². The lowest BCUT2D eigenvalue weighted by Gasteiger charge is -2.09. The Bertz CT molecular complexity index is 241. The minimum atomic E-state index is -0.0862. The monoisotopic (exact) mass is 314 g/mol. The van der Waals surface area contributed by atoms with Gasteiger partial charge in [0, 0.05) is 6.42 Å². The fourth-order valence-electron chi connectivity index (χ4n) is 2.76. The Labute approximate surface area is 137 Å². The molecule has 0 radical (unpaired) electrons. The first-order valence-corrected chi connectivity index (χ1v) is 9.45. The SMILES string of the molecule is CCCCCC(O)CCCCCCCCCCCC(=O)OC. The summed E-state index contributed by atoms with van der Waals surface area (Å²) in [6, 6.07) is 0. The van der Waals surface area contributed by atoms with E-state index in [-0.39, 0.29) is 12.1 Å². The van der Waals surface area contributed by atoms with Crippen LogP contribution in [0.1, 0.15) is 103 Å². The standard InChI is InChI=1S/C19H38O3/c1-3-4-12-15-18(20)16-13-10-8-6-5-7-9-11-14-17-19(21)22-2/h18,20H,3-17H2,1-2H3. The van der Waals surface area contributed by atoms with E-state index in [2.05, 4.69) is 11.7 Å². The second kappa shape index (κ2) is 16.8. The molecule has 1 N–H and O–H groups in total. The Morgan fingerprint density at radius 2 is 1.27 bits per heavy atom. The van der Waals surface area contributed by atoms with Crippen LogP contribution in [0.2, 0.25) is 0 Å². The quantitative estimate of drug-likeness (QED) is 0.307. The number of hydrogen-bond donors (Lipinski definition) is 1. The van der Waals surface area contributed by atoms with Crippen molar-refractivity contribution in [2.24, 2.45) is 0 Å². The molecule has 1 unspecified atom stereocenters. The van der Waals surface area contributed by atoms with Crippen molar-refractivity contribution >= 4 is 5.97 Å². The van der Waals surface area contributed by atoms with Crippen LogP contribution in [0.4, 0.5) is 0 Å². The highest BCUT2D eigenvalue weighted by atomic mass is 16.5. The molecule has 0 aliphatic rings. The number of aliphatic hydroxyl groups is 1. The third kappa shape index (κ3) is 15.8. The normalized spacial score (nSPS) is 12.3. The van der Waals surface area contributed by atoms with Gasteiger partial charge in [-0.15, -0.1) is 0 Å². The van der Waals surface area contributed by atoms with E-state index in [9.17, 15) is 9.90 Å². The topological polar surface area (TPSA) is 46.5 Å². The molecule has 1 atom stereocenters. The maximum Gasteiger partial charge on any atom is 0.305 e. The minimum Gasteiger partial charge on any atom is -0.469 e. The van der Waals surface area contributed by atoms with Gasteiger partial charge in [-0.25, -0.2) is 0 Å². The van der Waals surface area contributed by atoms with Gasteiger partial charge in [0.05, 0.1) is 13.2 Å². The summed E-state index contributed by atoms with van der Waals surface area (Å²) in [5, 5.41) is 9.82. The Hall–Kier alpha value is -0.570. The minimum absolute atomic E-state index is 0.0682. The molecule has 132 valence electrons. The van der Waals surface area contributed by atoms with Crippen molar-refractivity contribution in [3.63, 3.8) is 0 Å². The van der Waals surface area contributed by atoms with Gasteiger partial charge in [0.1, 0.15) is 0 Å². The molecule has 0 aromatic rings. The molecule has 0 aromatic carbocycles. The van der Waals surface area contributed by atoms with Crippen molar-refractivity contribution in [2.45, 2.75) is 109 Å². The molecule has 0 heterocycles. The fraction of sp³-hybridized carbons (Fsp3) is 0.947. The molecule has 0 fully saturated rings. The molecule has 0 aliphatic carbocycles. The second-order valence-electron chi connectivity index (χ2n) is 6.45. The summed E-state index contributed by atoms with van der Waals surface area (Å²) in [5.41, 5.74) is 0. The third-order valence-electron chi connectivity index (χ3n) is 4.29. The number of rotatable bonds is 16. The first-order valence-electron chi connectivity index (χ1n) is 9.45. The van der Waals surface area contributed by atoms with E-state index >= 15 is 0 Å². The van der Waals surface area contributed by atoms with E-state index < -0.39 is 0 Å². The second-order valence-corrected chi connectivity index (χ2v) is 6.45. The van der Waals surface area contributed by atoms with E-state index in [0.717, 1.165) is 25.7 Å². The van der Waals surface area contributed by atoms with Crippen LogP contribution in [0.5, 0.6) is 0 Å². The zero-order valence-corrected chi connectivity index (χ0v) is 14.9. The maximum atomic E-state index is 10.9. The van der Waals surface area contributed by atoms with Gasteiger partial charge in [0.2, 0.25) is 0 Å². The number of carbonyl (C=O) groups excluding carboxylic acids is 1. The number of unbranched alkanes of at least 4 members (excludes halogenated alkanes) is 10. The van der Waals surface area contributed by atoms with Crippen LogP contribution in [-0.4, -0.2) is 24.3 Å². The van der Waals surface area contributed by atoms with Crippen molar-refractivity contribution in [1.82, 2.24) is 0 Å². The Morgan fingerprint density at radius 1 is 0.818 bits per heavy atom. The van der Waals surface area contributed by atoms with Crippen molar-refractivity contribution in [3.8, 4) is 0 Å². The van der Waals surface area contributed by atoms with Gasteiger partial charge in [-0.05, 0) is 19.3 Å². The first kappa shape index (κ1) is 21.4. The highest BCUT2D eigenvalue weighted by molar-refractivity contribution is 5.68. The average molecular weight is 315 g/mol. The van der Waals surface area contributed by atoms with Crippen LogP contribution in [-0.2, 0) is 9.53 Å². The Morgan fingerprint density at radius 3 is 1.77 bits per heavy atom. The molecule has 3 heteroatoms. The molecule has 22 heavy (non-hydrogen) atoms. The van der Waals surface area contributed by atoms with E-state index in [1.807, 2.05) is 0 Å². The molecular formula is C19H38O3. The molecule has 0 saturated heterocycles. The summed E-state index contributed by atoms with van der Waals surface area (Å²) in [5.74, 6) is -0.0862. The van der Waals surface area contributed by atoms with E-state index in [1.54, 1.807) is 0 Å². The molecule has 0 spiro atoms. The number of esters is 1. The van der Waals surface area contributed by atoms with Crippen LogP contribution in [0.15, 0.2) is 0 Å². The lowest BCUT2D eigenvalue weighted by Crippen LogP contribution is -2.05. The van der Waals surface area contributed by atoms with Crippen LogP contribution in [0.25, 0.3) is 0 Å². The molecular weight excluding hydrogens is 276 g/mol. The highest BCUT2D eigenvalue weighted by Crippen LogP contribution is 2.14. The first-order chi connectivity index (χ1) is 10.7. The van der Waals surface area contributed by atoms with Gasteiger partial charge in [-0.3, -0.25) is 4.79 Å². The summed E-state index contributed by atoms with van der Waals surface area (Å²) in [6.07, 6.45) is 17.1. The summed E-state index contributed by atoms with van der Waals surface area (Å²) in [4.78, 5) is 10.9. The highest BCUT2D eigenvalue weighted by Gasteiger charge is 2.03. The van der Waals surface area contributed by atoms with Gasteiger partial charge in [0.15, 0.2) is 0 Å². The predicted octanol–water partition coefficient (Wildman–Crippen LogP) is 5.39. The molecule has 0 rings (SSSR count). The average Bonchev–Trinajstić information content (AvgIpc) is 2.52. The van der Waals surface area contributed by atoms with Gasteiger partial charge < -0.3 is 9.84 Å². The molecule has 3 nitrogen and oxygen atoms in total. The zero-order chi connectivity index (χ0) is 16.5.